The second-order valence-corrected chi connectivity index (χ2v) is 5.04. The molecule has 0 bridgehead atoms. The van der Waals surface area contributed by atoms with Gasteiger partial charge in [-0.25, -0.2) is 4.79 Å². The number of rotatable bonds is 4. The maximum Gasteiger partial charge on any atom is 1.00 e. The van der Waals surface area contributed by atoms with E-state index in [1.165, 1.54) is 44.2 Å². The number of carboxylic acids is 2. The monoisotopic (exact) mass is 498 g/mol. The van der Waals surface area contributed by atoms with Gasteiger partial charge < -0.3 is 39.5 Å². The molecule has 0 aliphatic carbocycles. The molecule has 2 rings (SSSR count). The summed E-state index contributed by atoms with van der Waals surface area (Å²) in [5.41, 5.74) is -0.143. The van der Waals surface area contributed by atoms with Crippen LogP contribution >= 0.6 is 0 Å². The summed E-state index contributed by atoms with van der Waals surface area (Å²) in [4.78, 5) is 50.7. The van der Waals surface area contributed by atoms with Crippen LogP contribution in [-0.4, -0.2) is 40.2 Å². The number of carbonyl (C=O) groups excluding carboxylic acids is 3. The van der Waals surface area contributed by atoms with Gasteiger partial charge in [0.25, 0.3) is 0 Å². The van der Waals surface area contributed by atoms with Gasteiger partial charge in [0.2, 0.25) is 6.16 Å². The zero-order valence-corrected chi connectivity index (χ0v) is 23.9. The third-order valence-electron chi connectivity index (χ3n) is 2.73. The predicted octanol–water partition coefficient (Wildman–Crippen LogP) is -5.82. The summed E-state index contributed by atoms with van der Waals surface area (Å²) >= 11 is 0. The van der Waals surface area contributed by atoms with Crippen LogP contribution in [0.4, 0.5) is 4.79 Å². The van der Waals surface area contributed by atoms with Crippen molar-refractivity contribution >= 4 is 30.0 Å². The summed E-state index contributed by atoms with van der Waals surface area (Å²) in [7, 11) is 0. The van der Waals surface area contributed by atoms with Gasteiger partial charge in [-0.3, -0.25) is 9.59 Å². The Kier molecular flexibility index (Phi) is 21.4. The van der Waals surface area contributed by atoms with Crippen molar-refractivity contribution in [3.8, 4) is 11.5 Å². The number of ether oxygens (including phenoxy) is 2. The van der Waals surface area contributed by atoms with Crippen LogP contribution in [0.5, 0.6) is 11.5 Å². The van der Waals surface area contributed by atoms with E-state index in [0.717, 1.165) is 0 Å². The molecular weight excluding hydrogens is 482 g/mol. The number of carboxylic acid groups (broad SMARTS) is 4. The number of benzene rings is 2. The fraction of sp³-hybridized carbons (Fsp3) is 0.105. The fourth-order valence-electron chi connectivity index (χ4n) is 1.77. The Balaban J connectivity index is -0.000000428. The first-order valence-corrected chi connectivity index (χ1v) is 7.85. The topological polar surface area (TPSA) is 190 Å². The van der Waals surface area contributed by atoms with Gasteiger partial charge in [0.05, 0.1) is 5.97 Å². The molecule has 0 saturated carbocycles. The van der Waals surface area contributed by atoms with Crippen LogP contribution in [0.25, 0.3) is 0 Å². The predicted molar refractivity (Wildman–Crippen MR) is 94.8 cm³/mol. The molecule has 13 heteroatoms. The van der Waals surface area contributed by atoms with Gasteiger partial charge in [0, 0.05) is 19.4 Å². The van der Waals surface area contributed by atoms with Crippen LogP contribution in [-0.2, 0) is 9.59 Å². The fourth-order valence-corrected chi connectivity index (χ4v) is 1.77. The molecule has 0 atom stereocenters. The molecule has 0 aliphatic rings. The van der Waals surface area contributed by atoms with Crippen LogP contribution in [0.3, 0.4) is 0 Å². The number of hydrogen-bond donors (Lipinski definition) is 2. The Morgan fingerprint density at radius 2 is 1.00 bits per heavy atom. The maximum atomic E-state index is 10.6. The van der Waals surface area contributed by atoms with Crippen LogP contribution in [0.1, 0.15) is 34.6 Å². The molecule has 11 nitrogen and oxygen atoms in total. The number of para-hydroxylation sites is 2. The molecule has 0 aromatic heterocycles. The minimum Gasteiger partial charge on any atom is -0.565 e. The average Bonchev–Trinajstić information content (AvgIpc) is 2.61. The summed E-state index contributed by atoms with van der Waals surface area (Å²) in [5, 5.41) is 34.5. The molecule has 0 heterocycles. The Morgan fingerprint density at radius 1 is 0.688 bits per heavy atom. The minimum atomic E-state index is -2.08. The van der Waals surface area contributed by atoms with Crippen LogP contribution in [0.2, 0.25) is 0 Å². The maximum absolute atomic E-state index is 10.6. The van der Waals surface area contributed by atoms with E-state index >= 15 is 0 Å². The molecule has 0 amide bonds. The minimum absolute atomic E-state index is 0. The van der Waals surface area contributed by atoms with Gasteiger partial charge in [-0.1, -0.05) is 24.3 Å². The van der Waals surface area contributed by atoms with Crippen molar-refractivity contribution in [2.75, 3.05) is 0 Å². The second-order valence-electron chi connectivity index (χ2n) is 5.04. The van der Waals surface area contributed by atoms with Gasteiger partial charge in [-0.05, 0) is 24.3 Å². The van der Waals surface area contributed by atoms with E-state index in [1.807, 2.05) is 0 Å². The van der Waals surface area contributed by atoms with Crippen molar-refractivity contribution in [3.05, 3.63) is 59.7 Å². The van der Waals surface area contributed by atoms with Gasteiger partial charge in [-0.15, -0.1) is 0 Å². The van der Waals surface area contributed by atoms with Crippen molar-refractivity contribution in [1.29, 1.82) is 0 Å². The van der Waals surface area contributed by atoms with Gasteiger partial charge in [0.15, 0.2) is 0 Å². The summed E-state index contributed by atoms with van der Waals surface area (Å²) < 4.78 is 9.33. The van der Waals surface area contributed by atoms with Crippen molar-refractivity contribution < 1.29 is 157 Å². The normalized spacial score (nSPS) is 8.31. The van der Waals surface area contributed by atoms with Crippen molar-refractivity contribution in [3.63, 3.8) is 0 Å². The van der Waals surface area contributed by atoms with E-state index in [9.17, 15) is 24.3 Å². The largest absolute Gasteiger partial charge is 1.00 e. The van der Waals surface area contributed by atoms with Crippen LogP contribution in [0, 0.1) is 0 Å². The molecular formula is C19H16K2O11. The Labute approximate surface area is 267 Å². The SMILES string of the molecule is CC(=O)Oc1ccccc1C(=O)O.CC(=O)Oc1ccccc1C(=O)[O-].O=C([O-])O.[K+].[K+]. The molecule has 0 unspecified atom stereocenters. The molecule has 2 aromatic carbocycles. The second kappa shape index (κ2) is 19.3. The molecule has 0 fully saturated rings. The summed E-state index contributed by atoms with van der Waals surface area (Å²) in [6.07, 6.45) is -2.08. The van der Waals surface area contributed by atoms with E-state index in [-0.39, 0.29) is 125 Å². The molecule has 32 heavy (non-hydrogen) atoms. The molecule has 2 N–H and O–H groups in total. The Hall–Kier alpha value is -1.14. The van der Waals surface area contributed by atoms with E-state index in [2.05, 4.69) is 9.47 Å². The van der Waals surface area contributed by atoms with Crippen molar-refractivity contribution in [2.24, 2.45) is 0 Å². The van der Waals surface area contributed by atoms with Crippen molar-refractivity contribution in [2.45, 2.75) is 13.8 Å². The van der Waals surface area contributed by atoms with Crippen LogP contribution < -0.4 is 122 Å². The molecule has 0 spiro atoms. The summed E-state index contributed by atoms with van der Waals surface area (Å²) in [6.45, 7) is 2.42. The first kappa shape index (κ1) is 35.5. The Morgan fingerprint density at radius 3 is 1.31 bits per heavy atom. The summed E-state index contributed by atoms with van der Waals surface area (Å²) in [5.74, 6) is -3.49. The standard InChI is InChI=1S/2C9H8O4.CH2O3.2K/c2*1-6(10)13-8-5-3-2-4-7(8)9(11)12;2-1(3)4;;/h2*2-5H,1H3,(H,11,12);(H2,2,3,4);;/q;;;2*+1/p-2. The van der Waals surface area contributed by atoms with E-state index in [0.29, 0.717) is 0 Å². The molecule has 0 saturated heterocycles. The molecule has 0 radical (unpaired) electrons. The smallest absolute Gasteiger partial charge is 0.565 e. The van der Waals surface area contributed by atoms with E-state index in [4.69, 9.17) is 20.1 Å². The van der Waals surface area contributed by atoms with Gasteiger partial charge in [0.1, 0.15) is 17.1 Å². The quantitative estimate of drug-likeness (QED) is 0.232. The average molecular weight is 499 g/mol. The molecule has 160 valence electrons. The zero-order chi connectivity index (χ0) is 23.3. The first-order chi connectivity index (χ1) is 14.0. The third kappa shape index (κ3) is 16.5. The van der Waals surface area contributed by atoms with E-state index in [1.54, 1.807) is 18.2 Å². The number of carbonyl (C=O) groups is 5. The first-order valence-electron chi connectivity index (χ1n) is 7.85. The summed E-state index contributed by atoms with van der Waals surface area (Å²) in [6, 6.07) is 11.8. The molecule has 0 aliphatic heterocycles. The number of aromatic carboxylic acids is 2. The molecule has 2 aromatic rings. The van der Waals surface area contributed by atoms with Crippen LogP contribution in [0.15, 0.2) is 48.5 Å². The zero-order valence-electron chi connectivity index (χ0n) is 17.7. The van der Waals surface area contributed by atoms with E-state index < -0.39 is 30.0 Å². The number of esters is 2. The Bertz CT molecular complexity index is 855. The third-order valence-corrected chi connectivity index (χ3v) is 2.73. The number of hydrogen-bond acceptors (Lipinski definition) is 9. The van der Waals surface area contributed by atoms with Crippen molar-refractivity contribution in [1.82, 2.24) is 0 Å². The van der Waals surface area contributed by atoms with Gasteiger partial charge >= 0.3 is 121 Å². The van der Waals surface area contributed by atoms with Gasteiger partial charge in [-0.2, -0.15) is 0 Å².